The highest BCUT2D eigenvalue weighted by molar-refractivity contribution is 5.91. The number of benzene rings is 1. The highest BCUT2D eigenvalue weighted by Crippen LogP contribution is 2.29. The van der Waals surface area contributed by atoms with Crippen molar-refractivity contribution in [2.45, 2.75) is 13.3 Å². The van der Waals surface area contributed by atoms with Crippen LogP contribution in [0.3, 0.4) is 0 Å². The lowest BCUT2D eigenvalue weighted by molar-refractivity contribution is 0.0761. The van der Waals surface area contributed by atoms with E-state index in [-0.39, 0.29) is 17.1 Å². The predicted molar refractivity (Wildman–Crippen MR) is 84.0 cm³/mol. The Bertz CT molecular complexity index is 715. The Kier molecular flexibility index (Phi) is 4.04. The number of carbonyl (C=O) groups excluding carboxylic acids is 1. The summed E-state index contributed by atoms with van der Waals surface area (Å²) >= 11 is 0. The molecule has 2 heterocycles. The monoisotopic (exact) mass is 316 g/mol. The molecule has 122 valence electrons. The Hall–Kier alpha value is -2.41. The molecule has 1 aromatic carbocycles. The van der Waals surface area contributed by atoms with E-state index in [1.165, 1.54) is 0 Å². The lowest BCUT2D eigenvalue weighted by atomic mass is 9.90. The van der Waals surface area contributed by atoms with Crippen molar-refractivity contribution in [1.29, 1.82) is 0 Å². The molecule has 7 nitrogen and oxygen atoms in total. The van der Waals surface area contributed by atoms with Crippen LogP contribution in [0, 0.1) is 5.41 Å². The highest BCUT2D eigenvalue weighted by Gasteiger charge is 2.36. The molecule has 23 heavy (non-hydrogen) atoms. The maximum Gasteiger partial charge on any atom is 0.295 e. The molecular weight excluding hydrogens is 296 g/mol. The summed E-state index contributed by atoms with van der Waals surface area (Å²) in [5.41, 5.74) is 6.46. The van der Waals surface area contributed by atoms with Crippen LogP contribution in [-0.2, 0) is 0 Å². The molecule has 0 aliphatic carbocycles. The van der Waals surface area contributed by atoms with Crippen LogP contribution in [0.1, 0.15) is 24.0 Å². The van der Waals surface area contributed by atoms with Crippen LogP contribution in [0.15, 0.2) is 28.8 Å². The first-order chi connectivity index (χ1) is 11.0. The number of ether oxygens (including phenoxy) is 1. The maximum absolute atomic E-state index is 12.5. The SMILES string of the molecule is COc1cccc(-c2nc(C(=O)N3CCC(C)(CN)C3)no2)c1. The molecule has 1 saturated heterocycles. The summed E-state index contributed by atoms with van der Waals surface area (Å²) in [4.78, 5) is 18.4. The van der Waals surface area contributed by atoms with Gasteiger partial charge in [0, 0.05) is 18.7 Å². The zero-order valence-electron chi connectivity index (χ0n) is 13.3. The van der Waals surface area contributed by atoms with Gasteiger partial charge in [0.25, 0.3) is 17.6 Å². The Balaban J connectivity index is 1.78. The van der Waals surface area contributed by atoms with Gasteiger partial charge in [-0.25, -0.2) is 0 Å². The second-order valence-corrected chi connectivity index (χ2v) is 6.15. The van der Waals surface area contributed by atoms with E-state index >= 15 is 0 Å². The highest BCUT2D eigenvalue weighted by atomic mass is 16.5. The van der Waals surface area contributed by atoms with Crippen molar-refractivity contribution in [2.24, 2.45) is 11.1 Å². The largest absolute Gasteiger partial charge is 0.497 e. The molecule has 2 aromatic rings. The van der Waals surface area contributed by atoms with Gasteiger partial charge < -0.3 is 19.9 Å². The van der Waals surface area contributed by atoms with Gasteiger partial charge in [-0.05, 0) is 36.6 Å². The molecule has 1 unspecified atom stereocenters. The molecule has 1 aliphatic rings. The summed E-state index contributed by atoms with van der Waals surface area (Å²) in [7, 11) is 1.59. The average Bonchev–Trinajstić information content (AvgIpc) is 3.22. The van der Waals surface area contributed by atoms with Crippen LogP contribution < -0.4 is 10.5 Å². The average molecular weight is 316 g/mol. The number of aromatic nitrogens is 2. The zero-order chi connectivity index (χ0) is 16.4. The first-order valence-electron chi connectivity index (χ1n) is 7.52. The van der Waals surface area contributed by atoms with E-state index in [0.717, 1.165) is 6.42 Å². The molecule has 0 saturated carbocycles. The standard InChI is InChI=1S/C16H20N4O3/c1-16(9-17)6-7-20(10-16)15(21)13-18-14(23-19-13)11-4-3-5-12(8-11)22-2/h3-5,8H,6-7,9-10,17H2,1-2H3. The lowest BCUT2D eigenvalue weighted by Crippen LogP contribution is -2.34. The van der Waals surface area contributed by atoms with Gasteiger partial charge in [-0.15, -0.1) is 0 Å². The molecular formula is C16H20N4O3. The zero-order valence-corrected chi connectivity index (χ0v) is 13.3. The van der Waals surface area contributed by atoms with Crippen LogP contribution in [0.5, 0.6) is 5.75 Å². The molecule has 3 rings (SSSR count). The molecule has 0 bridgehead atoms. The summed E-state index contributed by atoms with van der Waals surface area (Å²) in [6, 6.07) is 7.26. The molecule has 1 atom stereocenters. The second-order valence-electron chi connectivity index (χ2n) is 6.15. The molecule has 7 heteroatoms. The number of amides is 1. The maximum atomic E-state index is 12.5. The summed E-state index contributed by atoms with van der Waals surface area (Å²) in [6.45, 7) is 3.91. The van der Waals surface area contributed by atoms with Crippen molar-refractivity contribution in [3.8, 4) is 17.2 Å². The molecule has 1 fully saturated rings. The van der Waals surface area contributed by atoms with Gasteiger partial charge in [0.05, 0.1) is 7.11 Å². The minimum absolute atomic E-state index is 0.0327. The van der Waals surface area contributed by atoms with Crippen LogP contribution in [0.2, 0.25) is 0 Å². The van der Waals surface area contributed by atoms with E-state index in [4.69, 9.17) is 15.0 Å². The number of carbonyl (C=O) groups is 1. The lowest BCUT2D eigenvalue weighted by Gasteiger charge is -2.21. The Morgan fingerprint density at radius 2 is 2.35 bits per heavy atom. The third-order valence-corrected chi connectivity index (χ3v) is 4.27. The number of nitrogens with zero attached hydrogens (tertiary/aromatic N) is 3. The van der Waals surface area contributed by atoms with Crippen LogP contribution in [-0.4, -0.2) is 47.7 Å². The Morgan fingerprint density at radius 3 is 3.04 bits per heavy atom. The normalized spacial score (nSPS) is 20.7. The predicted octanol–water partition coefficient (Wildman–Crippen LogP) is 1.56. The van der Waals surface area contributed by atoms with Crippen LogP contribution >= 0.6 is 0 Å². The fourth-order valence-electron chi connectivity index (χ4n) is 2.69. The van der Waals surface area contributed by atoms with E-state index in [1.807, 2.05) is 18.2 Å². The van der Waals surface area contributed by atoms with Crippen molar-refractivity contribution in [3.63, 3.8) is 0 Å². The summed E-state index contributed by atoms with van der Waals surface area (Å²) in [5, 5.41) is 3.82. The van der Waals surface area contributed by atoms with Crippen molar-refractivity contribution < 1.29 is 14.1 Å². The van der Waals surface area contributed by atoms with Crippen LogP contribution in [0.4, 0.5) is 0 Å². The minimum atomic E-state index is -0.222. The van der Waals surface area contributed by atoms with Gasteiger partial charge in [-0.1, -0.05) is 18.1 Å². The van der Waals surface area contributed by atoms with E-state index in [2.05, 4.69) is 17.1 Å². The Morgan fingerprint density at radius 1 is 1.52 bits per heavy atom. The third-order valence-electron chi connectivity index (χ3n) is 4.27. The number of hydrogen-bond donors (Lipinski definition) is 1. The van der Waals surface area contributed by atoms with E-state index < -0.39 is 0 Å². The van der Waals surface area contributed by atoms with Crippen molar-refractivity contribution in [1.82, 2.24) is 15.0 Å². The minimum Gasteiger partial charge on any atom is -0.497 e. The number of hydrogen-bond acceptors (Lipinski definition) is 6. The Labute approximate surface area is 134 Å². The first-order valence-corrected chi connectivity index (χ1v) is 7.52. The fraction of sp³-hybridized carbons (Fsp3) is 0.438. The van der Waals surface area contributed by atoms with E-state index in [1.54, 1.807) is 18.1 Å². The molecule has 1 aliphatic heterocycles. The van der Waals surface area contributed by atoms with Crippen molar-refractivity contribution >= 4 is 5.91 Å². The van der Waals surface area contributed by atoms with Gasteiger partial charge in [0.2, 0.25) is 0 Å². The van der Waals surface area contributed by atoms with E-state index in [0.29, 0.717) is 36.8 Å². The van der Waals surface area contributed by atoms with E-state index in [9.17, 15) is 4.79 Å². The second kappa shape index (κ2) is 6.00. The molecule has 1 amide bonds. The first kappa shape index (κ1) is 15.5. The smallest absolute Gasteiger partial charge is 0.295 e. The summed E-state index contributed by atoms with van der Waals surface area (Å²) in [5.74, 6) is 0.837. The van der Waals surface area contributed by atoms with Gasteiger partial charge in [-0.3, -0.25) is 4.79 Å². The fourth-order valence-corrected chi connectivity index (χ4v) is 2.69. The molecule has 0 radical (unpaired) electrons. The molecule has 2 N–H and O–H groups in total. The third kappa shape index (κ3) is 3.05. The quantitative estimate of drug-likeness (QED) is 0.920. The van der Waals surface area contributed by atoms with Gasteiger partial charge >= 0.3 is 0 Å². The number of rotatable bonds is 4. The van der Waals surface area contributed by atoms with Gasteiger partial charge in [-0.2, -0.15) is 4.98 Å². The summed E-state index contributed by atoms with van der Waals surface area (Å²) < 4.78 is 10.4. The molecule has 1 aromatic heterocycles. The number of likely N-dealkylation sites (tertiary alicyclic amines) is 1. The number of methoxy groups -OCH3 is 1. The van der Waals surface area contributed by atoms with Crippen molar-refractivity contribution in [2.75, 3.05) is 26.7 Å². The summed E-state index contributed by atoms with van der Waals surface area (Å²) in [6.07, 6.45) is 0.885. The molecule has 0 spiro atoms. The topological polar surface area (TPSA) is 94.5 Å². The van der Waals surface area contributed by atoms with Gasteiger partial charge in [0.1, 0.15) is 5.75 Å². The van der Waals surface area contributed by atoms with Crippen molar-refractivity contribution in [3.05, 3.63) is 30.1 Å². The van der Waals surface area contributed by atoms with Gasteiger partial charge in [0.15, 0.2) is 0 Å². The number of nitrogens with two attached hydrogens (primary N) is 1. The van der Waals surface area contributed by atoms with Crippen LogP contribution in [0.25, 0.3) is 11.5 Å².